The van der Waals surface area contributed by atoms with Gasteiger partial charge in [0.2, 0.25) is 0 Å². The fourth-order valence-corrected chi connectivity index (χ4v) is 1.60. The molecular formula is C11H10N2O. The van der Waals surface area contributed by atoms with Crippen LogP contribution in [0, 0.1) is 0 Å². The topological polar surface area (TPSA) is 41.2 Å². The van der Waals surface area contributed by atoms with Gasteiger partial charge < -0.3 is 4.74 Å². The van der Waals surface area contributed by atoms with E-state index in [1.807, 2.05) is 24.4 Å². The second-order valence-corrected chi connectivity index (χ2v) is 3.39. The van der Waals surface area contributed by atoms with Gasteiger partial charge in [-0.2, -0.15) is 5.10 Å². The van der Waals surface area contributed by atoms with Crippen molar-refractivity contribution in [3.05, 3.63) is 42.1 Å². The summed E-state index contributed by atoms with van der Waals surface area (Å²) in [5, 5.41) is 7.07. The summed E-state index contributed by atoms with van der Waals surface area (Å²) in [7, 11) is 0. The third-order valence-corrected chi connectivity index (χ3v) is 2.41. The van der Waals surface area contributed by atoms with E-state index in [1.165, 1.54) is 0 Å². The molecule has 1 N–H and O–H groups in total. The molecule has 70 valence electrons. The Morgan fingerprint density at radius 3 is 2.79 bits per heavy atom. The molecule has 0 amide bonds. The molecule has 1 aliphatic rings. The highest BCUT2D eigenvalue weighted by atomic mass is 16.6. The van der Waals surface area contributed by atoms with Gasteiger partial charge in [-0.15, -0.1) is 0 Å². The zero-order chi connectivity index (χ0) is 9.38. The number of aromatic nitrogens is 2. The molecule has 2 heterocycles. The molecule has 14 heavy (non-hydrogen) atoms. The van der Waals surface area contributed by atoms with Crippen LogP contribution >= 0.6 is 0 Å². The minimum atomic E-state index is 0.254. The first-order valence-corrected chi connectivity index (χ1v) is 4.65. The molecule has 2 aromatic rings. The molecule has 1 saturated heterocycles. The van der Waals surface area contributed by atoms with Gasteiger partial charge >= 0.3 is 0 Å². The monoisotopic (exact) mass is 186 g/mol. The summed E-state index contributed by atoms with van der Waals surface area (Å²) in [6.07, 6.45) is 2.10. The first-order valence-electron chi connectivity index (χ1n) is 4.65. The van der Waals surface area contributed by atoms with Crippen LogP contribution in [0.3, 0.4) is 0 Å². The van der Waals surface area contributed by atoms with Crippen molar-refractivity contribution in [2.45, 2.75) is 6.10 Å². The Morgan fingerprint density at radius 1 is 1.29 bits per heavy atom. The molecule has 3 rings (SSSR count). The Morgan fingerprint density at radius 2 is 2.07 bits per heavy atom. The Bertz CT molecular complexity index is 432. The molecule has 1 aromatic carbocycles. The molecule has 0 bridgehead atoms. The normalized spacial score (nSPS) is 19.6. The van der Waals surface area contributed by atoms with E-state index in [9.17, 15) is 0 Å². The molecule has 1 atom stereocenters. The molecule has 0 spiro atoms. The van der Waals surface area contributed by atoms with Gasteiger partial charge in [-0.05, 0) is 5.56 Å². The number of benzene rings is 1. The zero-order valence-electron chi connectivity index (χ0n) is 7.60. The van der Waals surface area contributed by atoms with Gasteiger partial charge in [0, 0.05) is 5.56 Å². The first kappa shape index (κ1) is 7.76. The van der Waals surface area contributed by atoms with Gasteiger partial charge in [-0.3, -0.25) is 5.10 Å². The van der Waals surface area contributed by atoms with Gasteiger partial charge in [0.05, 0.1) is 18.5 Å². The van der Waals surface area contributed by atoms with Crippen molar-refractivity contribution in [3.63, 3.8) is 0 Å². The average Bonchev–Trinajstić information content (AvgIpc) is 2.98. The fourth-order valence-electron chi connectivity index (χ4n) is 1.60. The maximum absolute atomic E-state index is 5.26. The predicted molar refractivity (Wildman–Crippen MR) is 52.7 cm³/mol. The first-order chi connectivity index (χ1) is 6.95. The summed E-state index contributed by atoms with van der Waals surface area (Å²) in [6, 6.07) is 10.2. The summed E-state index contributed by atoms with van der Waals surface area (Å²) in [6.45, 7) is 0.819. The lowest BCUT2D eigenvalue weighted by molar-refractivity contribution is 0.416. The van der Waals surface area contributed by atoms with Gasteiger partial charge in [-0.25, -0.2) is 0 Å². The number of aromatic amines is 1. The maximum Gasteiger partial charge on any atom is 0.110 e. The lowest BCUT2D eigenvalue weighted by Crippen LogP contribution is -1.83. The van der Waals surface area contributed by atoms with Crippen molar-refractivity contribution < 1.29 is 4.74 Å². The average molecular weight is 186 g/mol. The molecule has 0 aliphatic carbocycles. The quantitative estimate of drug-likeness (QED) is 0.730. The number of ether oxygens (including phenoxy) is 1. The summed E-state index contributed by atoms with van der Waals surface area (Å²) < 4.78 is 5.26. The molecule has 1 aromatic heterocycles. The predicted octanol–water partition coefficient (Wildman–Crippen LogP) is 2.15. The van der Waals surface area contributed by atoms with E-state index in [4.69, 9.17) is 4.74 Å². The van der Waals surface area contributed by atoms with Crippen LogP contribution in [0.1, 0.15) is 11.7 Å². The van der Waals surface area contributed by atoms with Crippen LogP contribution in [0.25, 0.3) is 11.3 Å². The fraction of sp³-hybridized carbons (Fsp3) is 0.182. The summed E-state index contributed by atoms with van der Waals surface area (Å²) in [5.74, 6) is 0. The van der Waals surface area contributed by atoms with E-state index in [0.29, 0.717) is 0 Å². The Balaban J connectivity index is 2.07. The van der Waals surface area contributed by atoms with E-state index in [-0.39, 0.29) is 6.10 Å². The van der Waals surface area contributed by atoms with Gasteiger partial charge in [0.1, 0.15) is 6.10 Å². The molecule has 0 unspecified atom stereocenters. The highest BCUT2D eigenvalue weighted by Gasteiger charge is 2.28. The zero-order valence-corrected chi connectivity index (χ0v) is 7.60. The van der Waals surface area contributed by atoms with Crippen molar-refractivity contribution in [1.82, 2.24) is 10.2 Å². The van der Waals surface area contributed by atoms with E-state index in [2.05, 4.69) is 22.3 Å². The van der Waals surface area contributed by atoms with E-state index >= 15 is 0 Å². The second-order valence-electron chi connectivity index (χ2n) is 3.39. The number of nitrogens with zero attached hydrogens (tertiary/aromatic N) is 1. The van der Waals surface area contributed by atoms with Crippen molar-refractivity contribution in [2.24, 2.45) is 0 Å². The van der Waals surface area contributed by atoms with Crippen molar-refractivity contribution in [2.75, 3.05) is 6.61 Å². The van der Waals surface area contributed by atoms with Crippen LogP contribution in [0.2, 0.25) is 0 Å². The Hall–Kier alpha value is -1.61. The standard InChI is InChI=1S/C11H10N2O/c1-2-4-8(5-3-1)11-9(6-12-13-11)10-7-14-10/h1-6,10H,7H2,(H,12,13)/t10-/m1/s1. The smallest absolute Gasteiger partial charge is 0.110 e. The van der Waals surface area contributed by atoms with E-state index < -0.39 is 0 Å². The molecule has 1 aliphatic heterocycles. The SMILES string of the molecule is c1ccc(-c2[nH]ncc2[C@H]2CO2)cc1. The lowest BCUT2D eigenvalue weighted by Gasteiger charge is -1.99. The highest BCUT2D eigenvalue weighted by Crippen LogP contribution is 2.35. The largest absolute Gasteiger partial charge is 0.368 e. The number of hydrogen-bond donors (Lipinski definition) is 1. The van der Waals surface area contributed by atoms with Crippen molar-refractivity contribution in [1.29, 1.82) is 0 Å². The van der Waals surface area contributed by atoms with Crippen LogP contribution in [0.4, 0.5) is 0 Å². The molecule has 3 nitrogen and oxygen atoms in total. The van der Waals surface area contributed by atoms with E-state index in [0.717, 1.165) is 23.4 Å². The summed E-state index contributed by atoms with van der Waals surface area (Å²) in [5.41, 5.74) is 3.40. The second kappa shape index (κ2) is 2.96. The van der Waals surface area contributed by atoms with Gasteiger partial charge in [0.15, 0.2) is 0 Å². The third-order valence-electron chi connectivity index (χ3n) is 2.41. The minimum Gasteiger partial charge on any atom is -0.368 e. The number of H-pyrrole nitrogens is 1. The van der Waals surface area contributed by atoms with Crippen LogP contribution < -0.4 is 0 Å². The lowest BCUT2D eigenvalue weighted by atomic mass is 10.1. The summed E-state index contributed by atoms with van der Waals surface area (Å²) in [4.78, 5) is 0. The number of epoxide rings is 1. The maximum atomic E-state index is 5.26. The molecule has 0 saturated carbocycles. The highest BCUT2D eigenvalue weighted by molar-refractivity contribution is 5.63. The number of rotatable bonds is 2. The van der Waals surface area contributed by atoms with E-state index in [1.54, 1.807) is 0 Å². The molecule has 3 heteroatoms. The van der Waals surface area contributed by atoms with Gasteiger partial charge in [-0.1, -0.05) is 30.3 Å². The minimum absolute atomic E-state index is 0.254. The number of hydrogen-bond acceptors (Lipinski definition) is 2. The Kier molecular flexibility index (Phi) is 1.64. The van der Waals surface area contributed by atoms with Crippen LogP contribution in [-0.2, 0) is 4.74 Å². The Labute approximate surface area is 81.7 Å². The number of nitrogens with one attached hydrogen (secondary N) is 1. The van der Waals surface area contributed by atoms with Crippen molar-refractivity contribution in [3.8, 4) is 11.3 Å². The molecule has 0 radical (unpaired) electrons. The molecule has 1 fully saturated rings. The summed E-state index contributed by atoms with van der Waals surface area (Å²) >= 11 is 0. The van der Waals surface area contributed by atoms with Crippen LogP contribution in [-0.4, -0.2) is 16.8 Å². The van der Waals surface area contributed by atoms with Crippen LogP contribution in [0.5, 0.6) is 0 Å². The van der Waals surface area contributed by atoms with Crippen LogP contribution in [0.15, 0.2) is 36.5 Å². The molecular weight excluding hydrogens is 176 g/mol. The third kappa shape index (κ3) is 1.22. The van der Waals surface area contributed by atoms with Crippen molar-refractivity contribution >= 4 is 0 Å². The van der Waals surface area contributed by atoms with Gasteiger partial charge in [0.25, 0.3) is 0 Å².